The molecular weight excluding hydrogens is 454 g/mol. The highest BCUT2D eigenvalue weighted by atomic mass is 32.2. The Morgan fingerprint density at radius 2 is 1.74 bits per heavy atom. The lowest BCUT2D eigenvalue weighted by Gasteiger charge is -2.20. The number of hydrogen-bond acceptors (Lipinski definition) is 6. The third-order valence-corrected chi connectivity index (χ3v) is 7.50. The molecule has 180 valence electrons. The van der Waals surface area contributed by atoms with Crippen LogP contribution in [0.25, 0.3) is 11.0 Å². The SMILES string of the molecule is Cc1ccc(S(=O)(=O)N[C@@H](CC(C)C)C(=O)Oc2cc(C)cc3oc(=O)c4c(c23)CCC4)cc1. The molecule has 1 heterocycles. The summed E-state index contributed by atoms with van der Waals surface area (Å²) >= 11 is 0. The second-order valence-electron chi connectivity index (χ2n) is 9.37. The van der Waals surface area contributed by atoms with E-state index in [-0.39, 0.29) is 28.6 Å². The zero-order valence-electron chi connectivity index (χ0n) is 19.8. The van der Waals surface area contributed by atoms with Gasteiger partial charge in [-0.05, 0) is 80.8 Å². The highest BCUT2D eigenvalue weighted by molar-refractivity contribution is 7.89. The van der Waals surface area contributed by atoms with Crippen LogP contribution in [-0.4, -0.2) is 20.4 Å². The van der Waals surface area contributed by atoms with Crippen LogP contribution in [0.3, 0.4) is 0 Å². The van der Waals surface area contributed by atoms with E-state index in [0.717, 1.165) is 23.1 Å². The van der Waals surface area contributed by atoms with Crippen LogP contribution in [0.4, 0.5) is 0 Å². The number of esters is 1. The summed E-state index contributed by atoms with van der Waals surface area (Å²) in [7, 11) is -3.94. The van der Waals surface area contributed by atoms with Crippen molar-refractivity contribution in [3.05, 3.63) is 69.1 Å². The quantitative estimate of drug-likeness (QED) is 0.307. The maximum Gasteiger partial charge on any atom is 0.339 e. The maximum atomic E-state index is 13.3. The van der Waals surface area contributed by atoms with E-state index in [2.05, 4.69) is 4.72 Å². The van der Waals surface area contributed by atoms with E-state index in [1.807, 2.05) is 27.7 Å². The smallest absolute Gasteiger partial charge is 0.339 e. The number of fused-ring (bicyclic) bond motifs is 3. The molecule has 0 amide bonds. The Bertz CT molecular complexity index is 1400. The molecule has 4 rings (SSSR count). The van der Waals surface area contributed by atoms with E-state index >= 15 is 0 Å². The first-order valence-electron chi connectivity index (χ1n) is 11.4. The van der Waals surface area contributed by atoms with Gasteiger partial charge >= 0.3 is 11.6 Å². The summed E-state index contributed by atoms with van der Waals surface area (Å²) in [6.07, 6.45) is 2.41. The van der Waals surface area contributed by atoms with Crippen molar-refractivity contribution in [1.82, 2.24) is 4.72 Å². The van der Waals surface area contributed by atoms with Gasteiger partial charge in [0.2, 0.25) is 10.0 Å². The number of carbonyl (C=O) groups excluding carboxylic acids is 1. The zero-order chi connectivity index (χ0) is 24.6. The van der Waals surface area contributed by atoms with E-state index in [1.165, 1.54) is 12.1 Å². The molecule has 1 N–H and O–H groups in total. The molecule has 0 fully saturated rings. The summed E-state index contributed by atoms with van der Waals surface area (Å²) in [4.78, 5) is 25.7. The van der Waals surface area contributed by atoms with Gasteiger partial charge < -0.3 is 9.15 Å². The predicted octanol–water partition coefficient (Wildman–Crippen LogP) is 4.20. The van der Waals surface area contributed by atoms with Crippen LogP contribution in [0.2, 0.25) is 0 Å². The molecule has 1 aliphatic rings. The molecule has 8 heteroatoms. The Morgan fingerprint density at radius 1 is 1.06 bits per heavy atom. The predicted molar refractivity (Wildman–Crippen MR) is 130 cm³/mol. The third-order valence-electron chi connectivity index (χ3n) is 6.01. The van der Waals surface area contributed by atoms with Crippen molar-refractivity contribution in [1.29, 1.82) is 0 Å². The van der Waals surface area contributed by atoms with E-state index < -0.39 is 22.0 Å². The molecule has 0 bridgehead atoms. The van der Waals surface area contributed by atoms with Gasteiger partial charge in [0, 0.05) is 5.56 Å². The van der Waals surface area contributed by atoms with Crippen LogP contribution in [-0.2, 0) is 27.7 Å². The summed E-state index contributed by atoms with van der Waals surface area (Å²) in [6.45, 7) is 7.50. The van der Waals surface area contributed by atoms with Gasteiger partial charge in [0.1, 0.15) is 17.4 Å². The average Bonchev–Trinajstić information content (AvgIpc) is 3.23. The number of nitrogens with one attached hydrogen (secondary N) is 1. The number of hydrogen-bond donors (Lipinski definition) is 1. The van der Waals surface area contributed by atoms with Gasteiger partial charge in [-0.15, -0.1) is 0 Å². The Kier molecular flexibility index (Phi) is 6.64. The van der Waals surface area contributed by atoms with Crippen molar-refractivity contribution in [2.75, 3.05) is 0 Å². The average molecular weight is 484 g/mol. The van der Waals surface area contributed by atoms with Crippen molar-refractivity contribution in [3.8, 4) is 5.75 Å². The zero-order valence-corrected chi connectivity index (χ0v) is 20.6. The number of rotatable bonds is 7. The van der Waals surface area contributed by atoms with E-state index in [4.69, 9.17) is 9.15 Å². The fourth-order valence-corrected chi connectivity index (χ4v) is 5.60. The first-order valence-corrected chi connectivity index (χ1v) is 12.9. The van der Waals surface area contributed by atoms with Gasteiger partial charge in [0.05, 0.1) is 10.3 Å². The summed E-state index contributed by atoms with van der Waals surface area (Å²) in [6, 6.07) is 8.82. The van der Waals surface area contributed by atoms with Gasteiger partial charge in [-0.1, -0.05) is 31.5 Å². The third kappa shape index (κ3) is 4.93. The molecule has 7 nitrogen and oxygen atoms in total. The van der Waals surface area contributed by atoms with Crippen LogP contribution in [0.1, 0.15) is 48.9 Å². The molecule has 0 saturated carbocycles. The lowest BCUT2D eigenvalue weighted by Crippen LogP contribution is -2.43. The van der Waals surface area contributed by atoms with Crippen LogP contribution in [0.5, 0.6) is 5.75 Å². The van der Waals surface area contributed by atoms with Crippen LogP contribution >= 0.6 is 0 Å². The number of benzene rings is 2. The first kappa shape index (κ1) is 24.2. The summed E-state index contributed by atoms with van der Waals surface area (Å²) in [5.74, 6) is -0.380. The minimum Gasteiger partial charge on any atom is -0.425 e. The molecule has 1 atom stereocenters. The Labute approximate surface area is 199 Å². The molecule has 1 aliphatic carbocycles. The number of aryl methyl sites for hydroxylation is 3. The topological polar surface area (TPSA) is 103 Å². The van der Waals surface area contributed by atoms with Gasteiger partial charge in [0.25, 0.3) is 0 Å². The molecule has 2 aromatic carbocycles. The van der Waals surface area contributed by atoms with Crippen molar-refractivity contribution in [2.45, 2.75) is 64.3 Å². The van der Waals surface area contributed by atoms with Crippen LogP contribution < -0.4 is 15.1 Å². The van der Waals surface area contributed by atoms with Gasteiger partial charge in [-0.3, -0.25) is 0 Å². The number of carbonyl (C=O) groups is 1. The Morgan fingerprint density at radius 3 is 2.41 bits per heavy atom. The minimum absolute atomic E-state index is 0.0368. The highest BCUT2D eigenvalue weighted by Crippen LogP contribution is 2.35. The molecule has 34 heavy (non-hydrogen) atoms. The lowest BCUT2D eigenvalue weighted by atomic mass is 10.0. The summed E-state index contributed by atoms with van der Waals surface area (Å²) in [5, 5.41) is 0.607. The number of ether oxygens (including phenoxy) is 1. The highest BCUT2D eigenvalue weighted by Gasteiger charge is 2.30. The standard InChI is InChI=1S/C26H29NO6S/c1-15(2)12-21(27-34(30,31)18-10-8-16(3)9-11-18)26(29)33-23-14-17(4)13-22-24(23)19-6-5-7-20(19)25(28)32-22/h8-11,13-15,21,27H,5-7,12H2,1-4H3/t21-/m0/s1. The lowest BCUT2D eigenvalue weighted by molar-refractivity contribution is -0.136. The van der Waals surface area contributed by atoms with Crippen LogP contribution in [0.15, 0.2) is 50.5 Å². The fourth-order valence-electron chi connectivity index (χ4n) is 4.40. The molecule has 0 radical (unpaired) electrons. The molecule has 1 aromatic heterocycles. The van der Waals surface area contributed by atoms with Gasteiger partial charge in [-0.25, -0.2) is 18.0 Å². The van der Waals surface area contributed by atoms with Crippen molar-refractivity contribution in [3.63, 3.8) is 0 Å². The molecular formula is C26H29NO6S. The summed E-state index contributed by atoms with van der Waals surface area (Å²) in [5.41, 5.74) is 3.17. The molecule has 0 saturated heterocycles. The van der Waals surface area contributed by atoms with Crippen molar-refractivity contribution in [2.24, 2.45) is 5.92 Å². The molecule has 3 aromatic rings. The molecule has 0 aliphatic heterocycles. The number of sulfonamides is 1. The van der Waals surface area contributed by atoms with E-state index in [0.29, 0.717) is 29.4 Å². The van der Waals surface area contributed by atoms with Crippen LogP contribution in [0, 0.1) is 19.8 Å². The Hall–Kier alpha value is -2.97. The van der Waals surface area contributed by atoms with Crippen molar-refractivity contribution >= 4 is 27.0 Å². The fraction of sp³-hybridized carbons (Fsp3) is 0.385. The Balaban J connectivity index is 1.69. The van der Waals surface area contributed by atoms with E-state index in [1.54, 1.807) is 24.3 Å². The molecule has 0 spiro atoms. The second-order valence-corrected chi connectivity index (χ2v) is 11.1. The second kappa shape index (κ2) is 9.35. The molecule has 0 unspecified atom stereocenters. The minimum atomic E-state index is -3.94. The first-order chi connectivity index (χ1) is 16.0. The van der Waals surface area contributed by atoms with Gasteiger partial charge in [-0.2, -0.15) is 4.72 Å². The summed E-state index contributed by atoms with van der Waals surface area (Å²) < 4.78 is 39.8. The van der Waals surface area contributed by atoms with Gasteiger partial charge in [0.15, 0.2) is 0 Å². The maximum absolute atomic E-state index is 13.3. The van der Waals surface area contributed by atoms with Crippen molar-refractivity contribution < 1.29 is 22.4 Å². The monoisotopic (exact) mass is 483 g/mol. The van der Waals surface area contributed by atoms with E-state index in [9.17, 15) is 18.0 Å². The largest absolute Gasteiger partial charge is 0.425 e. The normalized spacial score (nSPS) is 14.4.